The number of carbonyl (C=O) groups is 1. The van der Waals surface area contributed by atoms with E-state index in [1.54, 1.807) is 6.26 Å². The van der Waals surface area contributed by atoms with Crippen molar-refractivity contribution in [3.63, 3.8) is 0 Å². The first-order valence-corrected chi connectivity index (χ1v) is 10.8. The van der Waals surface area contributed by atoms with Gasteiger partial charge < -0.3 is 30.5 Å². The molecule has 0 radical (unpaired) electrons. The van der Waals surface area contributed by atoms with E-state index in [0.29, 0.717) is 12.3 Å². The molecule has 9 heteroatoms. The van der Waals surface area contributed by atoms with E-state index in [1.165, 1.54) is 18.7 Å². The first kappa shape index (κ1) is 16.4. The Morgan fingerprint density at radius 3 is 2.74 bits per heavy atom. The highest BCUT2D eigenvalue weighted by molar-refractivity contribution is 7.99. The number of rotatable bonds is 11. The molecule has 0 aromatic carbocycles. The SMILES string of the molecule is [2H]O[C@@H]1[C@H](O[2H])[C@@H](O[2H])[C@@H](SC)O[C@@H]1[C@@H]([C@@H](C)O[2H])N([2H])C(=O)[C@@H]1C[C@@H](CCC)CN1C. The average molecular weight is 412 g/mol. The standard InChI is InChI=1S/C18H34N2O6S/c1-5-6-10-7-11(20(3)8-10)17(25)19-12(9(2)21)16-14(23)13(22)15(24)18(26-16)27-4/h9-16,18,21-24H,5-8H2,1-4H3,(H,19,25)/t9-,10-,11+,12-,13+,14-,15-,16-,18-/m1/s1/i21D,22D,23D,24D/hD. The summed E-state index contributed by atoms with van der Waals surface area (Å²) >= 11 is 1.19. The van der Waals surface area contributed by atoms with Gasteiger partial charge in [-0.15, -0.1) is 11.8 Å². The summed E-state index contributed by atoms with van der Waals surface area (Å²) in [5.41, 5.74) is -0.786. The molecule has 0 aromatic rings. The van der Waals surface area contributed by atoms with Crippen molar-refractivity contribution in [1.82, 2.24) is 10.2 Å². The van der Waals surface area contributed by atoms with Gasteiger partial charge in [-0.25, -0.2) is 0 Å². The van der Waals surface area contributed by atoms with Gasteiger partial charge in [0, 0.05) is 6.54 Å². The second-order valence-corrected chi connectivity index (χ2v) is 8.54. The first-order valence-electron chi connectivity index (χ1n) is 11.6. The Kier molecular flexibility index (Phi) is 5.99. The quantitative estimate of drug-likeness (QED) is 0.298. The molecule has 2 fully saturated rings. The topological polar surface area (TPSA) is 122 Å². The van der Waals surface area contributed by atoms with E-state index in [1.807, 2.05) is 11.9 Å². The summed E-state index contributed by atoms with van der Waals surface area (Å²) in [6, 6.07) is -1.62. The number of likely N-dealkylation sites (tertiary alicyclic amines) is 1. The molecule has 27 heavy (non-hydrogen) atoms. The smallest absolute Gasteiger partial charge is 0.237 e. The van der Waals surface area contributed by atoms with E-state index in [4.69, 9.17) is 27.2 Å². The van der Waals surface area contributed by atoms with Crippen LogP contribution in [0.2, 0.25) is 1.41 Å². The molecule has 1 amide bonds. The number of aliphatic hydroxyl groups excluding tert-OH is 4. The monoisotopic (exact) mass is 411 g/mol. The van der Waals surface area contributed by atoms with Crippen molar-refractivity contribution >= 4 is 17.7 Å². The molecule has 0 spiro atoms. The Balaban J connectivity index is 2.34. The minimum absolute atomic E-state index is 0.364. The fourth-order valence-corrected chi connectivity index (χ4v) is 4.66. The molecule has 2 saturated heterocycles. The van der Waals surface area contributed by atoms with Gasteiger partial charge in [0.15, 0.2) is 1.41 Å². The van der Waals surface area contributed by atoms with Gasteiger partial charge >= 0.3 is 0 Å². The lowest BCUT2D eigenvalue weighted by atomic mass is 9.92. The van der Waals surface area contributed by atoms with E-state index < -0.39 is 53.9 Å². The van der Waals surface area contributed by atoms with Crippen molar-refractivity contribution in [1.29, 1.82) is 5.72 Å². The highest BCUT2D eigenvalue weighted by atomic mass is 32.2. The molecule has 2 heterocycles. The maximum Gasteiger partial charge on any atom is 0.237 e. The molecule has 9 atom stereocenters. The van der Waals surface area contributed by atoms with Crippen LogP contribution >= 0.6 is 11.8 Å². The normalized spacial score (nSPS) is 42.4. The second kappa shape index (κ2) is 9.87. The summed E-state index contributed by atoms with van der Waals surface area (Å²) in [5.74, 6) is -0.0990. The van der Waals surface area contributed by atoms with Crippen molar-refractivity contribution in [2.24, 2.45) is 5.92 Å². The number of likely N-dealkylation sites (N-methyl/N-ethyl adjacent to an activating group) is 1. The molecule has 0 bridgehead atoms. The third kappa shape index (κ3) is 5.14. The highest BCUT2D eigenvalue weighted by Gasteiger charge is 2.48. The summed E-state index contributed by atoms with van der Waals surface area (Å²) in [7, 11) is 1.85. The van der Waals surface area contributed by atoms with Crippen LogP contribution in [0.3, 0.4) is 0 Å². The predicted octanol–water partition coefficient (Wildman–Crippen LogP) is -0.857. The van der Waals surface area contributed by atoms with E-state index in [-0.39, 0.29) is 0 Å². The number of nitrogens with zero attached hydrogens (tertiary/aromatic N) is 1. The largest absolute Gasteiger partial charge is 0.391 e. The first-order chi connectivity index (χ1) is 15.3. The molecule has 5 N–H and O–H groups in total. The van der Waals surface area contributed by atoms with Gasteiger partial charge in [-0.1, -0.05) is 13.3 Å². The number of aliphatic hydroxyl groups is 4. The molecule has 0 aromatic heterocycles. The van der Waals surface area contributed by atoms with Crippen LogP contribution in [0.25, 0.3) is 0 Å². The fourth-order valence-electron chi connectivity index (χ4n) is 3.99. The molecular formula is C18H34N2O6S. The van der Waals surface area contributed by atoms with Gasteiger partial charge in [-0.3, -0.25) is 9.69 Å². The van der Waals surface area contributed by atoms with E-state index >= 15 is 0 Å². The number of amides is 1. The van der Waals surface area contributed by atoms with E-state index in [2.05, 4.69) is 12.0 Å². The Morgan fingerprint density at radius 1 is 1.41 bits per heavy atom. The number of thioether (sulfide) groups is 1. The van der Waals surface area contributed by atoms with Crippen molar-refractivity contribution in [2.75, 3.05) is 19.8 Å². The summed E-state index contributed by atoms with van der Waals surface area (Å²) in [5, 5.41) is 19.7. The molecule has 158 valence electrons. The number of hydrogen-bond acceptors (Lipinski definition) is 8. The maximum absolute atomic E-state index is 13.3. The molecule has 0 saturated carbocycles. The molecule has 2 aliphatic heterocycles. The van der Waals surface area contributed by atoms with Crippen LogP contribution in [-0.2, 0) is 9.53 Å². The van der Waals surface area contributed by atoms with Gasteiger partial charge in [0.1, 0.15) is 29.9 Å². The molecular weight excluding hydrogens is 372 g/mol. The lowest BCUT2D eigenvalue weighted by Gasteiger charge is -2.44. The van der Waals surface area contributed by atoms with Crippen LogP contribution in [0.5, 0.6) is 0 Å². The molecule has 0 unspecified atom stereocenters. The summed E-state index contributed by atoms with van der Waals surface area (Å²) < 4.78 is 44.4. The predicted molar refractivity (Wildman–Crippen MR) is 103 cm³/mol. The molecule has 0 aliphatic carbocycles. The second-order valence-electron chi connectivity index (χ2n) is 7.61. The Morgan fingerprint density at radius 2 is 2.15 bits per heavy atom. The lowest BCUT2D eigenvalue weighted by Crippen LogP contribution is -2.65. The van der Waals surface area contributed by atoms with Gasteiger partial charge in [0.05, 0.1) is 18.2 Å². The highest BCUT2D eigenvalue weighted by Crippen LogP contribution is 2.30. The third-order valence-electron chi connectivity index (χ3n) is 5.47. The third-order valence-corrected chi connectivity index (χ3v) is 6.32. The molecule has 2 rings (SSSR count). The number of carbonyl (C=O) groups excluding carboxylic acids is 1. The van der Waals surface area contributed by atoms with Crippen LogP contribution in [0.4, 0.5) is 0 Å². The minimum Gasteiger partial charge on any atom is -0.391 e. The summed E-state index contributed by atoms with van der Waals surface area (Å²) in [6.07, 6.45) is -1.24. The van der Waals surface area contributed by atoms with Crippen LogP contribution in [0.15, 0.2) is 0 Å². The van der Waals surface area contributed by atoms with Crippen molar-refractivity contribution < 1.29 is 31.4 Å². The Bertz CT molecular complexity index is 602. The van der Waals surface area contributed by atoms with Crippen molar-refractivity contribution in [3.8, 4) is 0 Å². The average Bonchev–Trinajstić information content (AvgIpc) is 3.17. The Labute approximate surface area is 172 Å². The van der Waals surface area contributed by atoms with Crippen LogP contribution in [0, 0.1) is 5.92 Å². The van der Waals surface area contributed by atoms with Crippen LogP contribution in [-0.4, -0.2) is 105 Å². The van der Waals surface area contributed by atoms with E-state index in [9.17, 15) is 4.79 Å². The summed E-state index contributed by atoms with van der Waals surface area (Å²) in [6.45, 7) is 4.38. The van der Waals surface area contributed by atoms with Gasteiger partial charge in [0.2, 0.25) is 11.6 Å². The molecule has 8 nitrogen and oxygen atoms in total. The molecule has 2 aliphatic rings. The zero-order valence-corrected chi connectivity index (χ0v) is 17.1. The minimum atomic E-state index is -1.26. The Hall–Kier alpha value is -0.420. The van der Waals surface area contributed by atoms with E-state index in [0.717, 1.165) is 24.7 Å². The van der Waals surface area contributed by atoms with Crippen molar-refractivity contribution in [3.05, 3.63) is 0 Å². The maximum atomic E-state index is 13.3. The fraction of sp³-hybridized carbons (Fsp3) is 0.944. The van der Waals surface area contributed by atoms with Crippen LogP contribution in [0.1, 0.15) is 33.1 Å². The number of nitrogens with one attached hydrogen (secondary N) is 1. The van der Waals surface area contributed by atoms with Gasteiger partial charge in [0.25, 0.3) is 0 Å². The van der Waals surface area contributed by atoms with Crippen LogP contribution < -0.4 is 5.31 Å². The van der Waals surface area contributed by atoms with Crippen molar-refractivity contribution in [2.45, 2.75) is 81.1 Å². The van der Waals surface area contributed by atoms with Gasteiger partial charge in [-0.05, 0) is 39.0 Å². The number of ether oxygens (including phenoxy) is 1. The zero-order chi connectivity index (χ0) is 24.0. The van der Waals surface area contributed by atoms with Gasteiger partial charge in [-0.2, -0.15) is 0 Å². The zero-order valence-electron chi connectivity index (χ0n) is 21.3. The lowest BCUT2D eigenvalue weighted by molar-refractivity contribution is -0.211. The summed E-state index contributed by atoms with van der Waals surface area (Å²) in [4.78, 5) is 15.3. The number of hydrogen-bond donors (Lipinski definition) is 5.